The molecule has 3 amide bonds. The quantitative estimate of drug-likeness (QED) is 0.519. The van der Waals surface area contributed by atoms with E-state index in [2.05, 4.69) is 21.0 Å². The second-order valence-electron chi connectivity index (χ2n) is 9.68. The molecule has 0 spiro atoms. The largest absolute Gasteiger partial charge is 0.343 e. The second-order valence-corrected chi connectivity index (χ2v) is 9.68. The highest BCUT2D eigenvalue weighted by Crippen LogP contribution is 2.30. The number of carbonyl (C=O) groups is 3. The van der Waals surface area contributed by atoms with Crippen molar-refractivity contribution in [2.75, 3.05) is 18.9 Å². The molecular formula is C26H35FN6O3. The zero-order valence-corrected chi connectivity index (χ0v) is 20.9. The predicted octanol–water partition coefficient (Wildman–Crippen LogP) is 2.61. The first-order chi connectivity index (χ1) is 17.4. The van der Waals surface area contributed by atoms with Gasteiger partial charge in [0.15, 0.2) is 0 Å². The number of likely N-dealkylation sites (N-methyl/N-ethyl adjacent to an activating group) is 1. The first kappa shape index (κ1) is 25.8. The van der Waals surface area contributed by atoms with Gasteiger partial charge in [-0.15, -0.1) is 0 Å². The summed E-state index contributed by atoms with van der Waals surface area (Å²) in [4.78, 5) is 41.4. The number of nitrogens with one attached hydrogen (secondary N) is 3. The van der Waals surface area contributed by atoms with Crippen LogP contribution in [0, 0.1) is 11.7 Å². The number of halogens is 1. The Morgan fingerprint density at radius 3 is 2.58 bits per heavy atom. The van der Waals surface area contributed by atoms with Crippen LogP contribution in [-0.4, -0.2) is 64.1 Å². The van der Waals surface area contributed by atoms with Crippen molar-refractivity contribution in [2.24, 2.45) is 5.92 Å². The lowest BCUT2D eigenvalue weighted by atomic mass is 9.83. The molecule has 2 aromatic rings. The van der Waals surface area contributed by atoms with Gasteiger partial charge in [-0.3, -0.25) is 14.4 Å². The average molecular weight is 499 g/mol. The summed E-state index contributed by atoms with van der Waals surface area (Å²) < 4.78 is 15.2. The Bertz CT molecular complexity index is 1080. The monoisotopic (exact) mass is 498 g/mol. The van der Waals surface area contributed by atoms with E-state index >= 15 is 0 Å². The number of likely N-dealkylation sites (tertiary alicyclic amines) is 1. The molecule has 2 aliphatic rings. The number of nitrogens with zero attached hydrogens (tertiary/aromatic N) is 3. The molecule has 3 atom stereocenters. The fourth-order valence-electron chi connectivity index (χ4n) is 5.16. The molecule has 194 valence electrons. The molecule has 1 aromatic heterocycles. The molecule has 0 radical (unpaired) electrons. The number of anilines is 1. The molecule has 1 aromatic carbocycles. The van der Waals surface area contributed by atoms with Crippen molar-refractivity contribution < 1.29 is 18.8 Å². The summed E-state index contributed by atoms with van der Waals surface area (Å²) in [7, 11) is 1.71. The summed E-state index contributed by atoms with van der Waals surface area (Å²) in [5.41, 5.74) is 0.480. The number of hydrogen-bond acceptors (Lipinski definition) is 5. The maximum Gasteiger partial charge on any atom is 0.248 e. The summed E-state index contributed by atoms with van der Waals surface area (Å²) in [6.07, 6.45) is 7.70. The fraction of sp³-hybridized carbons (Fsp3) is 0.538. The van der Waals surface area contributed by atoms with Gasteiger partial charge in [0.2, 0.25) is 17.7 Å². The molecule has 1 aliphatic heterocycles. The van der Waals surface area contributed by atoms with Crippen molar-refractivity contribution in [1.82, 2.24) is 25.3 Å². The number of aromatic nitrogens is 2. The normalized spacial score (nSPS) is 20.1. The van der Waals surface area contributed by atoms with Crippen LogP contribution in [0.5, 0.6) is 0 Å². The van der Waals surface area contributed by atoms with E-state index in [4.69, 9.17) is 0 Å². The highest BCUT2D eigenvalue weighted by Gasteiger charge is 2.41. The van der Waals surface area contributed by atoms with E-state index in [1.54, 1.807) is 37.1 Å². The molecule has 2 fully saturated rings. The van der Waals surface area contributed by atoms with Gasteiger partial charge in [0.25, 0.3) is 0 Å². The van der Waals surface area contributed by atoms with Gasteiger partial charge in [0.05, 0.1) is 17.9 Å². The van der Waals surface area contributed by atoms with Crippen molar-refractivity contribution in [3.63, 3.8) is 0 Å². The molecule has 36 heavy (non-hydrogen) atoms. The van der Waals surface area contributed by atoms with E-state index in [1.807, 2.05) is 0 Å². The van der Waals surface area contributed by atoms with Gasteiger partial charge in [-0.2, -0.15) is 5.10 Å². The Kier molecular flexibility index (Phi) is 8.35. The first-order valence-electron chi connectivity index (χ1n) is 12.8. The van der Waals surface area contributed by atoms with Crippen LogP contribution < -0.4 is 16.0 Å². The van der Waals surface area contributed by atoms with E-state index in [0.29, 0.717) is 30.9 Å². The van der Waals surface area contributed by atoms with Crippen LogP contribution in [0.1, 0.15) is 51.9 Å². The molecule has 1 saturated carbocycles. The lowest BCUT2D eigenvalue weighted by Crippen LogP contribution is -2.57. The van der Waals surface area contributed by atoms with Gasteiger partial charge in [-0.1, -0.05) is 25.3 Å². The minimum absolute atomic E-state index is 0.0537. The van der Waals surface area contributed by atoms with Gasteiger partial charge in [0.1, 0.15) is 23.7 Å². The smallest absolute Gasteiger partial charge is 0.248 e. The van der Waals surface area contributed by atoms with E-state index in [0.717, 1.165) is 32.1 Å². The first-order valence-corrected chi connectivity index (χ1v) is 12.8. The van der Waals surface area contributed by atoms with Crippen molar-refractivity contribution >= 4 is 23.5 Å². The highest BCUT2D eigenvalue weighted by molar-refractivity contribution is 5.98. The van der Waals surface area contributed by atoms with Crippen LogP contribution in [0.3, 0.4) is 0 Å². The van der Waals surface area contributed by atoms with E-state index in [-0.39, 0.29) is 23.6 Å². The van der Waals surface area contributed by atoms with Gasteiger partial charge >= 0.3 is 0 Å². The van der Waals surface area contributed by atoms with E-state index in [9.17, 15) is 18.8 Å². The molecule has 3 N–H and O–H groups in total. The predicted molar refractivity (Wildman–Crippen MR) is 134 cm³/mol. The van der Waals surface area contributed by atoms with Crippen LogP contribution in [0.15, 0.2) is 36.5 Å². The lowest BCUT2D eigenvalue weighted by Gasteiger charge is -2.35. The SMILES string of the molecule is CN[C@@H](C)C(=O)N[C@H](C(=O)N1CCC[C@H]1C(=O)Nc1ccnn1-c1cccc(F)c1)C1CCCCC1. The van der Waals surface area contributed by atoms with Crippen molar-refractivity contribution in [3.05, 3.63) is 42.3 Å². The number of amides is 3. The summed E-state index contributed by atoms with van der Waals surface area (Å²) in [6.45, 7) is 2.21. The third-order valence-corrected chi connectivity index (χ3v) is 7.30. The Labute approximate surface area is 210 Å². The van der Waals surface area contributed by atoms with E-state index in [1.165, 1.54) is 23.0 Å². The molecule has 9 nitrogen and oxygen atoms in total. The molecule has 2 heterocycles. The van der Waals surface area contributed by atoms with E-state index < -0.39 is 23.9 Å². The molecular weight excluding hydrogens is 463 g/mol. The molecule has 4 rings (SSSR count). The Balaban J connectivity index is 1.50. The van der Waals surface area contributed by atoms with Crippen LogP contribution in [0.2, 0.25) is 0 Å². The van der Waals surface area contributed by atoms with Crippen LogP contribution >= 0.6 is 0 Å². The molecule has 0 bridgehead atoms. The Morgan fingerprint density at radius 2 is 1.86 bits per heavy atom. The molecule has 10 heteroatoms. The standard InChI is InChI=1S/C26H35FN6O3/c1-17(28-2)24(34)31-23(18-8-4-3-5-9-18)26(36)32-15-7-12-21(32)25(35)30-22-13-14-29-33(22)20-11-6-10-19(27)16-20/h6,10-11,13-14,16-18,21,23,28H,3-5,7-9,12,15H2,1-2H3,(H,30,35)(H,31,34)/t17-,21-,23-/m0/s1. The maximum atomic E-state index is 13.8. The van der Waals surface area contributed by atoms with Gasteiger partial charge in [0, 0.05) is 12.6 Å². The minimum Gasteiger partial charge on any atom is -0.343 e. The Morgan fingerprint density at radius 1 is 1.08 bits per heavy atom. The molecule has 1 aliphatic carbocycles. The summed E-state index contributed by atoms with van der Waals surface area (Å²) in [5.74, 6) is -0.703. The minimum atomic E-state index is -0.655. The highest BCUT2D eigenvalue weighted by atomic mass is 19.1. The molecule has 0 unspecified atom stereocenters. The van der Waals surface area contributed by atoms with Crippen LogP contribution in [-0.2, 0) is 14.4 Å². The van der Waals surface area contributed by atoms with Crippen molar-refractivity contribution in [3.8, 4) is 5.69 Å². The number of carbonyl (C=O) groups excluding carboxylic acids is 3. The third kappa shape index (κ3) is 5.75. The third-order valence-electron chi connectivity index (χ3n) is 7.30. The topological polar surface area (TPSA) is 108 Å². The number of benzene rings is 1. The lowest BCUT2D eigenvalue weighted by molar-refractivity contribution is -0.142. The zero-order chi connectivity index (χ0) is 25.7. The second kappa shape index (κ2) is 11.6. The van der Waals surface area contributed by atoms with Gasteiger partial charge in [-0.05, 0) is 63.8 Å². The van der Waals surface area contributed by atoms with Crippen molar-refractivity contribution in [2.45, 2.75) is 70.0 Å². The summed E-state index contributed by atoms with van der Waals surface area (Å²) >= 11 is 0. The maximum absolute atomic E-state index is 13.8. The summed E-state index contributed by atoms with van der Waals surface area (Å²) in [6, 6.07) is 5.84. The summed E-state index contributed by atoms with van der Waals surface area (Å²) in [5, 5.41) is 13.0. The number of hydrogen-bond donors (Lipinski definition) is 3. The van der Waals surface area contributed by atoms with Crippen molar-refractivity contribution in [1.29, 1.82) is 0 Å². The van der Waals surface area contributed by atoms with Crippen LogP contribution in [0.4, 0.5) is 10.2 Å². The Hall–Kier alpha value is -3.27. The van der Waals surface area contributed by atoms with Gasteiger partial charge in [-0.25, -0.2) is 9.07 Å². The molecule has 1 saturated heterocycles. The number of rotatable bonds is 8. The van der Waals surface area contributed by atoms with Crippen LogP contribution in [0.25, 0.3) is 5.69 Å². The fourth-order valence-corrected chi connectivity index (χ4v) is 5.16. The average Bonchev–Trinajstić information content (AvgIpc) is 3.57. The zero-order valence-electron chi connectivity index (χ0n) is 20.9. The van der Waals surface area contributed by atoms with Gasteiger partial charge < -0.3 is 20.9 Å².